The van der Waals surface area contributed by atoms with Gasteiger partial charge in [0, 0.05) is 29.6 Å². The molecule has 1 N–H and O–H groups in total. The lowest BCUT2D eigenvalue weighted by atomic mass is 10.2. The zero-order valence-corrected chi connectivity index (χ0v) is 11.4. The number of nitro groups is 1. The number of carbonyl (C=O) groups excluding carboxylic acids is 1. The van der Waals surface area contributed by atoms with Gasteiger partial charge in [-0.2, -0.15) is 4.39 Å². The number of nitro benzene ring substituents is 1. The molecule has 0 aliphatic rings. The molecule has 0 saturated carbocycles. The SMILES string of the molecule is O=C(Nc1ccc([N+](=O)[O-])c(Br)c1)c1ccnc(F)c1. The lowest BCUT2D eigenvalue weighted by molar-refractivity contribution is -0.385. The molecule has 0 spiro atoms. The number of anilines is 1. The number of nitrogens with one attached hydrogen (secondary N) is 1. The number of pyridine rings is 1. The number of amides is 1. The predicted octanol–water partition coefficient (Wildman–Crippen LogP) is 3.14. The van der Waals surface area contributed by atoms with Crippen molar-refractivity contribution in [3.8, 4) is 0 Å². The molecule has 0 saturated heterocycles. The van der Waals surface area contributed by atoms with Crippen molar-refractivity contribution in [1.82, 2.24) is 4.98 Å². The topological polar surface area (TPSA) is 85.1 Å². The first-order valence-corrected chi connectivity index (χ1v) is 6.13. The highest BCUT2D eigenvalue weighted by Gasteiger charge is 2.13. The molecule has 0 aliphatic heterocycles. The van der Waals surface area contributed by atoms with Crippen LogP contribution in [0, 0.1) is 16.1 Å². The van der Waals surface area contributed by atoms with E-state index in [1.165, 1.54) is 30.5 Å². The first-order valence-electron chi connectivity index (χ1n) is 5.34. The van der Waals surface area contributed by atoms with Crippen molar-refractivity contribution < 1.29 is 14.1 Å². The van der Waals surface area contributed by atoms with Crippen LogP contribution in [-0.2, 0) is 0 Å². The van der Waals surface area contributed by atoms with Gasteiger partial charge in [0.15, 0.2) is 0 Å². The monoisotopic (exact) mass is 339 g/mol. The Morgan fingerprint density at radius 1 is 1.35 bits per heavy atom. The molecule has 1 amide bonds. The van der Waals surface area contributed by atoms with Crippen LogP contribution in [0.3, 0.4) is 0 Å². The average Bonchev–Trinajstić information content (AvgIpc) is 2.38. The largest absolute Gasteiger partial charge is 0.322 e. The van der Waals surface area contributed by atoms with Gasteiger partial charge in [-0.15, -0.1) is 0 Å². The van der Waals surface area contributed by atoms with E-state index < -0.39 is 16.8 Å². The van der Waals surface area contributed by atoms with Crippen LogP contribution in [0.15, 0.2) is 41.0 Å². The van der Waals surface area contributed by atoms with Crippen molar-refractivity contribution in [3.63, 3.8) is 0 Å². The molecule has 0 fully saturated rings. The summed E-state index contributed by atoms with van der Waals surface area (Å²) >= 11 is 3.04. The van der Waals surface area contributed by atoms with Crippen molar-refractivity contribution >= 4 is 33.2 Å². The number of carbonyl (C=O) groups is 1. The molecule has 0 aliphatic carbocycles. The van der Waals surface area contributed by atoms with Crippen molar-refractivity contribution in [3.05, 3.63) is 62.6 Å². The van der Waals surface area contributed by atoms with Gasteiger partial charge in [-0.1, -0.05) is 0 Å². The quantitative estimate of drug-likeness (QED) is 0.528. The molecular formula is C12H7BrFN3O3. The third kappa shape index (κ3) is 3.15. The summed E-state index contributed by atoms with van der Waals surface area (Å²) < 4.78 is 13.1. The first-order chi connectivity index (χ1) is 9.47. The summed E-state index contributed by atoms with van der Waals surface area (Å²) in [5.74, 6) is -1.30. The fourth-order valence-electron chi connectivity index (χ4n) is 1.48. The van der Waals surface area contributed by atoms with Gasteiger partial charge in [-0.3, -0.25) is 14.9 Å². The summed E-state index contributed by atoms with van der Waals surface area (Å²) in [6.45, 7) is 0. The van der Waals surface area contributed by atoms with Gasteiger partial charge in [0.2, 0.25) is 5.95 Å². The first kappa shape index (κ1) is 14.1. The summed E-state index contributed by atoms with van der Waals surface area (Å²) in [6.07, 6.45) is 1.18. The van der Waals surface area contributed by atoms with Crippen molar-refractivity contribution in [2.45, 2.75) is 0 Å². The maximum atomic E-state index is 12.9. The second kappa shape index (κ2) is 5.74. The summed E-state index contributed by atoms with van der Waals surface area (Å²) in [4.78, 5) is 25.3. The highest BCUT2D eigenvalue weighted by molar-refractivity contribution is 9.10. The fraction of sp³-hybridized carbons (Fsp3) is 0. The van der Waals surface area contributed by atoms with Crippen LogP contribution in [0.4, 0.5) is 15.8 Å². The second-order valence-electron chi connectivity index (χ2n) is 3.74. The van der Waals surface area contributed by atoms with Crippen LogP contribution in [0.2, 0.25) is 0 Å². The Morgan fingerprint density at radius 2 is 2.10 bits per heavy atom. The van der Waals surface area contributed by atoms with Gasteiger partial charge >= 0.3 is 0 Å². The van der Waals surface area contributed by atoms with Crippen molar-refractivity contribution in [2.24, 2.45) is 0 Å². The van der Waals surface area contributed by atoms with Crippen LogP contribution in [0.25, 0.3) is 0 Å². The van der Waals surface area contributed by atoms with E-state index in [-0.39, 0.29) is 15.7 Å². The van der Waals surface area contributed by atoms with E-state index in [2.05, 4.69) is 26.2 Å². The van der Waals surface area contributed by atoms with Gasteiger partial charge in [0.05, 0.1) is 9.40 Å². The number of nitrogens with zero attached hydrogens (tertiary/aromatic N) is 2. The van der Waals surface area contributed by atoms with Gasteiger partial charge in [-0.25, -0.2) is 4.98 Å². The Kier molecular flexibility index (Phi) is 4.04. The standard InChI is InChI=1S/C12H7BrFN3O3/c13-9-6-8(1-2-10(9)17(19)20)16-12(18)7-3-4-15-11(14)5-7/h1-6H,(H,16,18). The van der Waals surface area contributed by atoms with Crippen molar-refractivity contribution in [2.75, 3.05) is 5.32 Å². The van der Waals surface area contributed by atoms with E-state index in [9.17, 15) is 19.3 Å². The number of hydrogen-bond acceptors (Lipinski definition) is 4. The minimum absolute atomic E-state index is 0.104. The summed E-state index contributed by atoms with van der Waals surface area (Å²) in [5, 5.41) is 13.2. The molecule has 0 bridgehead atoms. The molecule has 20 heavy (non-hydrogen) atoms. The number of rotatable bonds is 3. The minimum Gasteiger partial charge on any atom is -0.322 e. The summed E-state index contributed by atoms with van der Waals surface area (Å²) in [6, 6.07) is 6.40. The lowest BCUT2D eigenvalue weighted by Gasteiger charge is -2.05. The summed E-state index contributed by atoms with van der Waals surface area (Å²) in [5.41, 5.74) is 0.342. The zero-order chi connectivity index (χ0) is 14.7. The number of aromatic nitrogens is 1. The van der Waals surface area contributed by atoms with Crippen LogP contribution >= 0.6 is 15.9 Å². The molecule has 2 aromatic rings. The molecule has 8 heteroatoms. The molecule has 1 aromatic carbocycles. The minimum atomic E-state index is -0.762. The van der Waals surface area contributed by atoms with Crippen molar-refractivity contribution in [1.29, 1.82) is 0 Å². The van der Waals surface area contributed by atoms with Gasteiger partial charge < -0.3 is 5.32 Å². The van der Waals surface area contributed by atoms with Gasteiger partial charge in [-0.05, 0) is 34.1 Å². The number of hydrogen-bond donors (Lipinski definition) is 1. The molecule has 2 rings (SSSR count). The van der Waals surface area contributed by atoms with Crippen LogP contribution < -0.4 is 5.32 Å². The predicted molar refractivity (Wildman–Crippen MR) is 72.9 cm³/mol. The van der Waals surface area contributed by atoms with E-state index in [1.807, 2.05) is 0 Å². The molecule has 6 nitrogen and oxygen atoms in total. The normalized spacial score (nSPS) is 10.1. The van der Waals surface area contributed by atoms with Crippen LogP contribution in [-0.4, -0.2) is 15.8 Å². The van der Waals surface area contributed by atoms with E-state index in [0.29, 0.717) is 5.69 Å². The zero-order valence-electron chi connectivity index (χ0n) is 9.84. The summed E-state index contributed by atoms with van der Waals surface area (Å²) in [7, 11) is 0. The highest BCUT2D eigenvalue weighted by Crippen LogP contribution is 2.27. The Morgan fingerprint density at radius 3 is 2.70 bits per heavy atom. The highest BCUT2D eigenvalue weighted by atomic mass is 79.9. The Balaban J connectivity index is 2.20. The van der Waals surface area contributed by atoms with E-state index >= 15 is 0 Å². The smallest absolute Gasteiger partial charge is 0.283 e. The van der Waals surface area contributed by atoms with Gasteiger partial charge in [0.25, 0.3) is 11.6 Å². The van der Waals surface area contributed by atoms with Gasteiger partial charge in [0.1, 0.15) is 0 Å². The molecule has 0 unspecified atom stereocenters. The number of benzene rings is 1. The Hall–Kier alpha value is -2.35. The molecule has 102 valence electrons. The third-order valence-electron chi connectivity index (χ3n) is 2.39. The molecule has 1 heterocycles. The average molecular weight is 340 g/mol. The molecule has 0 radical (unpaired) electrons. The third-order valence-corrected chi connectivity index (χ3v) is 3.03. The molecule has 0 atom stereocenters. The second-order valence-corrected chi connectivity index (χ2v) is 4.60. The lowest BCUT2D eigenvalue weighted by Crippen LogP contribution is -2.12. The Bertz CT molecular complexity index is 693. The van der Waals surface area contributed by atoms with E-state index in [0.717, 1.165) is 6.07 Å². The maximum Gasteiger partial charge on any atom is 0.283 e. The van der Waals surface area contributed by atoms with Crippen LogP contribution in [0.1, 0.15) is 10.4 Å². The maximum absolute atomic E-state index is 12.9. The van der Waals surface area contributed by atoms with Crippen LogP contribution in [0.5, 0.6) is 0 Å². The van der Waals surface area contributed by atoms with E-state index in [1.54, 1.807) is 0 Å². The number of halogens is 2. The molecule has 1 aromatic heterocycles. The molecular weight excluding hydrogens is 333 g/mol. The Labute approximate surface area is 120 Å². The van der Waals surface area contributed by atoms with E-state index in [4.69, 9.17) is 0 Å². The fourth-order valence-corrected chi connectivity index (χ4v) is 2.00.